The van der Waals surface area contributed by atoms with Gasteiger partial charge in [0.1, 0.15) is 0 Å². The van der Waals surface area contributed by atoms with Gasteiger partial charge in [-0.25, -0.2) is 0 Å². The molecule has 0 saturated carbocycles. The highest BCUT2D eigenvalue weighted by atomic mass is 15.3. The van der Waals surface area contributed by atoms with Crippen molar-refractivity contribution in [2.24, 2.45) is 0 Å². The van der Waals surface area contributed by atoms with Crippen molar-refractivity contribution >= 4 is 10.9 Å². The first kappa shape index (κ1) is 14.7. The third-order valence-electron chi connectivity index (χ3n) is 4.21. The molecule has 3 aromatic rings. The van der Waals surface area contributed by atoms with Crippen LogP contribution < -0.4 is 5.32 Å². The van der Waals surface area contributed by atoms with Crippen LogP contribution in [-0.4, -0.2) is 20.8 Å². The summed E-state index contributed by atoms with van der Waals surface area (Å²) in [6, 6.07) is 13.1. The molecular formula is C18H22N4. The monoisotopic (exact) mass is 294 g/mol. The minimum absolute atomic E-state index is 0.309. The molecule has 4 heteroatoms. The topological polar surface area (TPSA) is 42.7 Å². The highest BCUT2D eigenvalue weighted by molar-refractivity contribution is 5.82. The number of rotatable bonds is 5. The summed E-state index contributed by atoms with van der Waals surface area (Å²) >= 11 is 0. The minimum atomic E-state index is 0.309. The highest BCUT2D eigenvalue weighted by Gasteiger charge is 2.14. The number of nitrogens with one attached hydrogen (secondary N) is 1. The van der Waals surface area contributed by atoms with Crippen molar-refractivity contribution in [2.75, 3.05) is 0 Å². The van der Waals surface area contributed by atoms with E-state index in [-0.39, 0.29) is 0 Å². The number of aryl methyl sites for hydroxylation is 1. The van der Waals surface area contributed by atoms with Crippen LogP contribution in [0.25, 0.3) is 10.9 Å². The van der Waals surface area contributed by atoms with E-state index in [2.05, 4.69) is 53.5 Å². The summed E-state index contributed by atoms with van der Waals surface area (Å²) in [4.78, 5) is 4.60. The second kappa shape index (κ2) is 6.28. The Balaban J connectivity index is 1.76. The second-order valence-electron chi connectivity index (χ2n) is 5.84. The van der Waals surface area contributed by atoms with Gasteiger partial charge in [0, 0.05) is 36.1 Å². The Hall–Kier alpha value is -2.20. The summed E-state index contributed by atoms with van der Waals surface area (Å²) in [6.07, 6.45) is 3.83. The highest BCUT2D eigenvalue weighted by Crippen LogP contribution is 2.19. The molecule has 0 fully saturated rings. The molecule has 1 aromatic carbocycles. The van der Waals surface area contributed by atoms with Crippen LogP contribution >= 0.6 is 0 Å². The maximum absolute atomic E-state index is 4.60. The van der Waals surface area contributed by atoms with Gasteiger partial charge in [-0.3, -0.25) is 9.67 Å². The molecule has 22 heavy (non-hydrogen) atoms. The Kier molecular flexibility index (Phi) is 4.20. The minimum Gasteiger partial charge on any atom is -0.308 e. The van der Waals surface area contributed by atoms with E-state index >= 15 is 0 Å². The first-order chi connectivity index (χ1) is 10.6. The lowest BCUT2D eigenvalue weighted by Gasteiger charge is -2.22. The van der Waals surface area contributed by atoms with Crippen LogP contribution in [0.1, 0.15) is 31.1 Å². The van der Waals surface area contributed by atoms with Crippen molar-refractivity contribution in [3.8, 4) is 0 Å². The van der Waals surface area contributed by atoms with Crippen molar-refractivity contribution in [3.05, 3.63) is 60.0 Å². The molecule has 1 N–H and O–H groups in total. The van der Waals surface area contributed by atoms with Crippen LogP contribution in [0.3, 0.4) is 0 Å². The zero-order chi connectivity index (χ0) is 15.5. The van der Waals surface area contributed by atoms with Gasteiger partial charge in [0.25, 0.3) is 0 Å². The zero-order valence-corrected chi connectivity index (χ0v) is 13.3. The molecule has 114 valence electrons. The quantitative estimate of drug-likeness (QED) is 0.783. The molecule has 0 saturated heterocycles. The average molecular weight is 294 g/mol. The molecule has 0 radical (unpaired) electrons. The van der Waals surface area contributed by atoms with E-state index in [0.29, 0.717) is 12.1 Å². The second-order valence-corrected chi connectivity index (χ2v) is 5.84. The fourth-order valence-corrected chi connectivity index (χ4v) is 2.73. The predicted molar refractivity (Wildman–Crippen MR) is 89.7 cm³/mol. The molecular weight excluding hydrogens is 272 g/mol. The summed E-state index contributed by atoms with van der Waals surface area (Å²) in [7, 11) is 0. The Morgan fingerprint density at radius 3 is 2.77 bits per heavy atom. The van der Waals surface area contributed by atoms with Gasteiger partial charge in [-0.1, -0.05) is 18.2 Å². The molecule has 0 aliphatic carbocycles. The van der Waals surface area contributed by atoms with Gasteiger partial charge in [-0.2, -0.15) is 5.10 Å². The van der Waals surface area contributed by atoms with E-state index in [0.717, 1.165) is 17.8 Å². The third-order valence-corrected chi connectivity index (χ3v) is 4.21. The van der Waals surface area contributed by atoms with Crippen molar-refractivity contribution in [1.82, 2.24) is 20.1 Å². The number of hydrogen-bond donors (Lipinski definition) is 1. The molecule has 0 amide bonds. The van der Waals surface area contributed by atoms with Gasteiger partial charge in [0.05, 0.1) is 11.6 Å². The molecule has 3 rings (SSSR count). The van der Waals surface area contributed by atoms with Crippen LogP contribution in [0.4, 0.5) is 0 Å². The van der Waals surface area contributed by atoms with Crippen LogP contribution in [0.2, 0.25) is 0 Å². The number of fused-ring (bicyclic) bond motifs is 1. The lowest BCUT2D eigenvalue weighted by atomic mass is 10.1. The molecule has 0 spiro atoms. The summed E-state index contributed by atoms with van der Waals surface area (Å²) in [5.74, 6) is 0. The van der Waals surface area contributed by atoms with E-state index in [9.17, 15) is 0 Å². The van der Waals surface area contributed by atoms with Crippen molar-refractivity contribution in [3.63, 3.8) is 0 Å². The van der Waals surface area contributed by atoms with Gasteiger partial charge >= 0.3 is 0 Å². The van der Waals surface area contributed by atoms with Crippen LogP contribution in [-0.2, 0) is 6.54 Å². The Bertz CT molecular complexity index is 749. The number of pyridine rings is 1. The lowest BCUT2D eigenvalue weighted by molar-refractivity contribution is 0.365. The lowest BCUT2D eigenvalue weighted by Crippen LogP contribution is -2.33. The summed E-state index contributed by atoms with van der Waals surface area (Å²) in [6.45, 7) is 7.26. The Labute approximate surface area is 131 Å². The Morgan fingerprint density at radius 2 is 2.00 bits per heavy atom. The normalized spacial score (nSPS) is 14.1. The van der Waals surface area contributed by atoms with Gasteiger partial charge < -0.3 is 5.32 Å². The first-order valence-electron chi connectivity index (χ1n) is 7.73. The maximum Gasteiger partial charge on any atom is 0.0708 e. The number of nitrogens with zero attached hydrogens (tertiary/aromatic N) is 3. The van der Waals surface area contributed by atoms with Crippen LogP contribution in [0.15, 0.2) is 48.8 Å². The number of aromatic nitrogens is 3. The molecule has 4 nitrogen and oxygen atoms in total. The van der Waals surface area contributed by atoms with Crippen LogP contribution in [0.5, 0.6) is 0 Å². The zero-order valence-electron chi connectivity index (χ0n) is 13.3. The summed E-state index contributed by atoms with van der Waals surface area (Å²) < 4.78 is 1.99. The molecule has 0 bridgehead atoms. The molecule has 0 unspecified atom stereocenters. The number of para-hydroxylation sites is 1. The molecule has 0 aliphatic heterocycles. The standard InChI is InChI=1S/C18H22N4/c1-13-11-16(17-7-4-5-8-18(17)21-13)12-19-14(2)15(3)22-10-6-9-20-22/h4-11,14-15,19H,12H2,1-3H3/t14-,15+/m0/s1. The van der Waals surface area contributed by atoms with Crippen LogP contribution in [0, 0.1) is 6.92 Å². The van der Waals surface area contributed by atoms with Crippen molar-refractivity contribution in [1.29, 1.82) is 0 Å². The predicted octanol–water partition coefficient (Wildman–Crippen LogP) is 3.48. The van der Waals surface area contributed by atoms with E-state index in [1.54, 1.807) is 0 Å². The van der Waals surface area contributed by atoms with Gasteiger partial charge in [0.15, 0.2) is 0 Å². The van der Waals surface area contributed by atoms with E-state index in [4.69, 9.17) is 0 Å². The SMILES string of the molecule is Cc1cc(CN[C@@H](C)[C@@H](C)n2cccn2)c2ccccc2n1. The average Bonchev–Trinajstić information content (AvgIpc) is 3.05. The largest absolute Gasteiger partial charge is 0.308 e. The molecule has 2 aromatic heterocycles. The molecule has 0 aliphatic rings. The van der Waals surface area contributed by atoms with Gasteiger partial charge in [0.2, 0.25) is 0 Å². The maximum atomic E-state index is 4.60. The number of benzene rings is 1. The van der Waals surface area contributed by atoms with E-state index < -0.39 is 0 Å². The van der Waals surface area contributed by atoms with Gasteiger partial charge in [-0.05, 0) is 44.5 Å². The fourth-order valence-electron chi connectivity index (χ4n) is 2.73. The fraction of sp³-hybridized carbons (Fsp3) is 0.333. The van der Waals surface area contributed by atoms with Crippen molar-refractivity contribution < 1.29 is 0 Å². The van der Waals surface area contributed by atoms with E-state index in [1.807, 2.05) is 36.1 Å². The Morgan fingerprint density at radius 1 is 1.18 bits per heavy atom. The van der Waals surface area contributed by atoms with E-state index in [1.165, 1.54) is 10.9 Å². The number of hydrogen-bond acceptors (Lipinski definition) is 3. The van der Waals surface area contributed by atoms with Gasteiger partial charge in [-0.15, -0.1) is 0 Å². The third kappa shape index (κ3) is 3.02. The summed E-state index contributed by atoms with van der Waals surface area (Å²) in [5.41, 5.74) is 3.41. The van der Waals surface area contributed by atoms with Crippen molar-refractivity contribution in [2.45, 2.75) is 39.4 Å². The first-order valence-corrected chi connectivity index (χ1v) is 7.73. The molecule has 2 heterocycles. The summed E-state index contributed by atoms with van der Waals surface area (Å²) in [5, 5.41) is 9.16. The smallest absolute Gasteiger partial charge is 0.0708 e. The molecule has 2 atom stereocenters.